The summed E-state index contributed by atoms with van der Waals surface area (Å²) in [6.45, 7) is 2.03. The van der Waals surface area contributed by atoms with Gasteiger partial charge in [0, 0.05) is 6.42 Å². The Labute approximate surface area is 124 Å². The number of esters is 1. The molecule has 0 N–H and O–H groups in total. The molecule has 0 aromatic heterocycles. The first-order chi connectivity index (χ1) is 10.1. The minimum Gasteiger partial charge on any atom is -0.497 e. The lowest BCUT2D eigenvalue weighted by Gasteiger charge is -2.20. The van der Waals surface area contributed by atoms with Gasteiger partial charge in [-0.2, -0.15) is 0 Å². The van der Waals surface area contributed by atoms with Crippen LogP contribution in [0.15, 0.2) is 30.3 Å². The Balaban J connectivity index is 2.24. The summed E-state index contributed by atoms with van der Waals surface area (Å²) in [7, 11) is 1.61. The first-order valence-electron chi connectivity index (χ1n) is 7.16. The number of hydrogen-bond acceptors (Lipinski definition) is 4. The lowest BCUT2D eigenvalue weighted by molar-refractivity contribution is -0.155. The van der Waals surface area contributed by atoms with E-state index in [0.717, 1.165) is 17.7 Å². The molecule has 0 radical (unpaired) electrons. The third-order valence-corrected chi connectivity index (χ3v) is 3.79. The van der Waals surface area contributed by atoms with E-state index in [1.807, 2.05) is 24.3 Å². The van der Waals surface area contributed by atoms with Gasteiger partial charge in [0.2, 0.25) is 0 Å². The standard InChI is InChI=1S/C17H20O4/c1-3-21-16(19)17(11-4-5-15(17)18)12-10-13-6-8-14(20-2)9-7-13/h6-10,12H,3-5,11H2,1-2H3/b12-10+. The largest absolute Gasteiger partial charge is 0.497 e. The van der Waals surface area contributed by atoms with Crippen molar-refractivity contribution in [2.75, 3.05) is 13.7 Å². The van der Waals surface area contributed by atoms with Crippen molar-refractivity contribution in [3.8, 4) is 5.75 Å². The highest BCUT2D eigenvalue weighted by atomic mass is 16.5. The third kappa shape index (κ3) is 3.15. The predicted octanol–water partition coefficient (Wildman–Crippen LogP) is 3.01. The Morgan fingerprint density at radius 1 is 1.33 bits per heavy atom. The molecule has 0 bridgehead atoms. The van der Waals surface area contributed by atoms with Crippen molar-refractivity contribution in [1.82, 2.24) is 0 Å². The normalized spacial score (nSPS) is 21.7. The van der Waals surface area contributed by atoms with Gasteiger partial charge >= 0.3 is 5.97 Å². The van der Waals surface area contributed by atoms with Crippen LogP contribution in [0.1, 0.15) is 31.7 Å². The van der Waals surface area contributed by atoms with Gasteiger partial charge in [-0.15, -0.1) is 0 Å². The average Bonchev–Trinajstić information content (AvgIpc) is 2.88. The van der Waals surface area contributed by atoms with Gasteiger partial charge in [-0.3, -0.25) is 9.59 Å². The Morgan fingerprint density at radius 3 is 2.57 bits per heavy atom. The molecule has 1 fully saturated rings. The van der Waals surface area contributed by atoms with Crippen LogP contribution < -0.4 is 4.74 Å². The van der Waals surface area contributed by atoms with Crippen LogP contribution in [-0.4, -0.2) is 25.5 Å². The molecule has 1 aromatic carbocycles. The minimum atomic E-state index is -1.10. The van der Waals surface area contributed by atoms with Crippen LogP contribution in [0, 0.1) is 5.41 Å². The Hall–Kier alpha value is -2.10. The number of Topliss-reactive ketones (excluding diaryl/α,β-unsaturated/α-hetero) is 1. The molecule has 21 heavy (non-hydrogen) atoms. The molecule has 0 spiro atoms. The van der Waals surface area contributed by atoms with Crippen LogP contribution in [0.5, 0.6) is 5.75 Å². The molecule has 4 nitrogen and oxygen atoms in total. The van der Waals surface area contributed by atoms with Crippen LogP contribution in [0.4, 0.5) is 0 Å². The van der Waals surface area contributed by atoms with Gasteiger partial charge in [0.15, 0.2) is 5.78 Å². The highest BCUT2D eigenvalue weighted by molar-refractivity contribution is 6.07. The number of ketones is 1. The minimum absolute atomic E-state index is 0.0503. The molecule has 1 aliphatic carbocycles. The van der Waals surface area contributed by atoms with Crippen LogP contribution in [0.2, 0.25) is 0 Å². The molecular formula is C17H20O4. The van der Waals surface area contributed by atoms with Crippen molar-refractivity contribution < 1.29 is 19.1 Å². The highest BCUT2D eigenvalue weighted by Crippen LogP contribution is 2.38. The van der Waals surface area contributed by atoms with Gasteiger partial charge in [-0.05, 0) is 37.5 Å². The summed E-state index contributed by atoms with van der Waals surface area (Å²) < 4.78 is 10.2. The number of methoxy groups -OCH3 is 1. The zero-order valence-corrected chi connectivity index (χ0v) is 12.4. The van der Waals surface area contributed by atoms with Gasteiger partial charge in [-0.1, -0.05) is 24.3 Å². The first kappa shape index (κ1) is 15.3. The first-order valence-corrected chi connectivity index (χ1v) is 7.16. The van der Waals surface area contributed by atoms with E-state index < -0.39 is 11.4 Å². The Morgan fingerprint density at radius 2 is 2.05 bits per heavy atom. The number of rotatable bonds is 5. The van der Waals surface area contributed by atoms with Crippen molar-refractivity contribution in [3.63, 3.8) is 0 Å². The van der Waals surface area contributed by atoms with Gasteiger partial charge in [0.05, 0.1) is 13.7 Å². The van der Waals surface area contributed by atoms with Crippen LogP contribution in [0.25, 0.3) is 6.08 Å². The fourth-order valence-electron chi connectivity index (χ4n) is 2.56. The van der Waals surface area contributed by atoms with Crippen LogP contribution >= 0.6 is 0 Å². The fraction of sp³-hybridized carbons (Fsp3) is 0.412. The van der Waals surface area contributed by atoms with Crippen LogP contribution in [0.3, 0.4) is 0 Å². The summed E-state index contributed by atoms with van der Waals surface area (Å²) in [5, 5.41) is 0. The molecule has 1 saturated carbocycles. The molecule has 1 aromatic rings. The molecule has 0 heterocycles. The quantitative estimate of drug-likeness (QED) is 0.617. The number of benzene rings is 1. The summed E-state index contributed by atoms with van der Waals surface area (Å²) in [5.41, 5.74) is -0.185. The molecule has 4 heteroatoms. The maximum atomic E-state index is 12.2. The number of hydrogen-bond donors (Lipinski definition) is 0. The van der Waals surface area contributed by atoms with Gasteiger partial charge in [0.25, 0.3) is 0 Å². The average molecular weight is 288 g/mol. The topological polar surface area (TPSA) is 52.6 Å². The molecule has 0 amide bonds. The maximum Gasteiger partial charge on any atom is 0.323 e. The monoisotopic (exact) mass is 288 g/mol. The van der Waals surface area contributed by atoms with Gasteiger partial charge in [0.1, 0.15) is 11.2 Å². The third-order valence-electron chi connectivity index (χ3n) is 3.79. The van der Waals surface area contributed by atoms with Crippen molar-refractivity contribution >= 4 is 17.8 Å². The highest BCUT2D eigenvalue weighted by Gasteiger charge is 2.47. The number of carbonyl (C=O) groups excluding carboxylic acids is 2. The van der Waals surface area contributed by atoms with E-state index in [2.05, 4.69) is 0 Å². The SMILES string of the molecule is CCOC(=O)C1(/C=C/c2ccc(OC)cc2)CCCC1=O. The molecule has 1 unspecified atom stereocenters. The smallest absolute Gasteiger partial charge is 0.323 e. The second-order valence-corrected chi connectivity index (χ2v) is 5.08. The molecule has 0 aliphatic heterocycles. The zero-order chi connectivity index (χ0) is 15.3. The summed E-state index contributed by atoms with van der Waals surface area (Å²) in [4.78, 5) is 24.3. The van der Waals surface area contributed by atoms with E-state index >= 15 is 0 Å². The van der Waals surface area contributed by atoms with Crippen molar-refractivity contribution in [2.24, 2.45) is 5.41 Å². The molecular weight excluding hydrogens is 268 g/mol. The van der Waals surface area contributed by atoms with E-state index in [9.17, 15) is 9.59 Å². The van der Waals surface area contributed by atoms with E-state index in [-0.39, 0.29) is 12.4 Å². The van der Waals surface area contributed by atoms with E-state index in [0.29, 0.717) is 12.8 Å². The van der Waals surface area contributed by atoms with Gasteiger partial charge < -0.3 is 9.47 Å². The van der Waals surface area contributed by atoms with Crippen molar-refractivity contribution in [1.29, 1.82) is 0 Å². The lowest BCUT2D eigenvalue weighted by atomic mass is 9.84. The summed E-state index contributed by atoms with van der Waals surface area (Å²) in [6, 6.07) is 7.45. The summed E-state index contributed by atoms with van der Waals surface area (Å²) >= 11 is 0. The molecule has 0 saturated heterocycles. The summed E-state index contributed by atoms with van der Waals surface area (Å²) in [6.07, 6.45) is 5.19. The fourth-order valence-corrected chi connectivity index (χ4v) is 2.56. The second-order valence-electron chi connectivity index (χ2n) is 5.08. The van der Waals surface area contributed by atoms with Crippen molar-refractivity contribution in [2.45, 2.75) is 26.2 Å². The molecule has 2 rings (SSSR count). The van der Waals surface area contributed by atoms with Gasteiger partial charge in [-0.25, -0.2) is 0 Å². The number of ether oxygens (including phenoxy) is 2. The van der Waals surface area contributed by atoms with E-state index in [1.54, 1.807) is 26.2 Å². The van der Waals surface area contributed by atoms with E-state index in [1.165, 1.54) is 0 Å². The lowest BCUT2D eigenvalue weighted by Crippen LogP contribution is -2.35. The summed E-state index contributed by atoms with van der Waals surface area (Å²) in [5.74, 6) is 0.284. The predicted molar refractivity (Wildman–Crippen MR) is 80.0 cm³/mol. The molecule has 1 aliphatic rings. The molecule has 1 atom stereocenters. The maximum absolute atomic E-state index is 12.2. The van der Waals surface area contributed by atoms with E-state index in [4.69, 9.17) is 9.47 Å². The number of carbonyl (C=O) groups is 2. The Bertz CT molecular complexity index is 544. The second kappa shape index (κ2) is 6.57. The zero-order valence-electron chi connectivity index (χ0n) is 12.4. The Kier molecular flexibility index (Phi) is 4.78. The van der Waals surface area contributed by atoms with Crippen LogP contribution in [-0.2, 0) is 14.3 Å². The molecule has 112 valence electrons. The van der Waals surface area contributed by atoms with Crippen molar-refractivity contribution in [3.05, 3.63) is 35.9 Å².